The molecule has 0 aliphatic rings. The first-order valence-corrected chi connectivity index (χ1v) is 2.08. The minimum Gasteiger partial charge on any atom is -0.277 e. The number of hydrogen-bond acceptors (Lipinski definition) is 4. The lowest BCUT2D eigenvalue weighted by molar-refractivity contribution is 0.267. The van der Waals surface area contributed by atoms with Crippen molar-refractivity contribution in [2.75, 3.05) is 12.6 Å². The van der Waals surface area contributed by atoms with Gasteiger partial charge >= 0.3 is 0 Å². The highest BCUT2D eigenvalue weighted by Crippen LogP contribution is 1.88. The van der Waals surface area contributed by atoms with Crippen LogP contribution in [-0.2, 0) is 4.84 Å². The number of anilines is 1. The number of hydrogen-bond donors (Lipinski definition) is 2. The number of aromatic nitrogens is 3. The smallest absolute Gasteiger partial charge is 0.265 e. The van der Waals surface area contributed by atoms with Gasteiger partial charge in [-0.15, -0.1) is 5.10 Å². The molecule has 0 aliphatic heterocycles. The van der Waals surface area contributed by atoms with Crippen LogP contribution < -0.4 is 5.48 Å². The predicted molar refractivity (Wildman–Crippen MR) is 27.0 cm³/mol. The van der Waals surface area contributed by atoms with Crippen molar-refractivity contribution < 1.29 is 4.84 Å². The molecule has 1 aromatic rings. The maximum absolute atomic E-state index is 4.49. The zero-order chi connectivity index (χ0) is 5.82. The van der Waals surface area contributed by atoms with Gasteiger partial charge in [0.25, 0.3) is 5.95 Å². The van der Waals surface area contributed by atoms with E-state index in [1.54, 1.807) is 0 Å². The molecule has 44 valence electrons. The molecule has 0 aliphatic carbocycles. The molecule has 5 heteroatoms. The summed E-state index contributed by atoms with van der Waals surface area (Å²) in [5, 5.41) is 6.14. The van der Waals surface area contributed by atoms with Gasteiger partial charge < -0.3 is 0 Å². The SMILES string of the molecule is CONc1nc[nH]n1. The van der Waals surface area contributed by atoms with Crippen LogP contribution in [0.15, 0.2) is 6.33 Å². The van der Waals surface area contributed by atoms with E-state index in [1.807, 2.05) is 0 Å². The summed E-state index contributed by atoms with van der Waals surface area (Å²) >= 11 is 0. The highest BCUT2D eigenvalue weighted by molar-refractivity contribution is 5.14. The predicted octanol–water partition coefficient (Wildman–Crippen LogP) is -0.222. The van der Waals surface area contributed by atoms with Crippen LogP contribution in [0.1, 0.15) is 0 Å². The molecule has 0 saturated heterocycles. The highest BCUT2D eigenvalue weighted by Gasteiger charge is 1.87. The van der Waals surface area contributed by atoms with E-state index in [-0.39, 0.29) is 0 Å². The van der Waals surface area contributed by atoms with Gasteiger partial charge in [0, 0.05) is 0 Å². The van der Waals surface area contributed by atoms with Crippen molar-refractivity contribution in [3.63, 3.8) is 0 Å². The molecule has 5 nitrogen and oxygen atoms in total. The fourth-order valence-electron chi connectivity index (χ4n) is 0.349. The van der Waals surface area contributed by atoms with Crippen LogP contribution in [0.25, 0.3) is 0 Å². The molecule has 0 aromatic carbocycles. The van der Waals surface area contributed by atoms with Crippen molar-refractivity contribution in [1.82, 2.24) is 15.2 Å². The maximum Gasteiger partial charge on any atom is 0.265 e. The monoisotopic (exact) mass is 114 g/mol. The average Bonchev–Trinajstić information content (AvgIpc) is 2.19. The quantitative estimate of drug-likeness (QED) is 0.521. The molecule has 0 radical (unpaired) electrons. The normalized spacial score (nSPS) is 9.12. The molecular formula is C3H6N4O. The Balaban J connectivity index is 2.50. The van der Waals surface area contributed by atoms with Gasteiger partial charge in [-0.1, -0.05) is 0 Å². The highest BCUT2D eigenvalue weighted by atomic mass is 16.6. The van der Waals surface area contributed by atoms with Crippen LogP contribution in [0.4, 0.5) is 5.95 Å². The second kappa shape index (κ2) is 2.27. The molecule has 0 unspecified atom stereocenters. The van der Waals surface area contributed by atoms with E-state index < -0.39 is 0 Å². The Morgan fingerprint density at radius 2 is 2.75 bits per heavy atom. The van der Waals surface area contributed by atoms with E-state index in [1.165, 1.54) is 13.4 Å². The van der Waals surface area contributed by atoms with Crippen molar-refractivity contribution >= 4 is 5.95 Å². The third kappa shape index (κ3) is 0.941. The third-order valence-corrected chi connectivity index (χ3v) is 0.608. The number of aromatic amines is 1. The van der Waals surface area contributed by atoms with Crippen LogP contribution in [0, 0.1) is 0 Å². The Morgan fingerprint density at radius 1 is 1.88 bits per heavy atom. The molecule has 0 atom stereocenters. The van der Waals surface area contributed by atoms with Crippen LogP contribution in [0.5, 0.6) is 0 Å². The molecule has 1 aromatic heterocycles. The Morgan fingerprint density at radius 3 is 3.25 bits per heavy atom. The summed E-state index contributed by atoms with van der Waals surface area (Å²) in [6, 6.07) is 0. The summed E-state index contributed by atoms with van der Waals surface area (Å²) < 4.78 is 0. The first-order valence-electron chi connectivity index (χ1n) is 2.08. The Hall–Kier alpha value is -1.10. The van der Waals surface area contributed by atoms with Crippen LogP contribution >= 0.6 is 0 Å². The first-order chi connectivity index (χ1) is 3.93. The number of rotatable bonds is 2. The number of nitrogens with one attached hydrogen (secondary N) is 2. The van der Waals surface area contributed by atoms with Gasteiger partial charge in [0.15, 0.2) is 0 Å². The van der Waals surface area contributed by atoms with Gasteiger partial charge in [-0.2, -0.15) is 4.98 Å². The molecule has 0 saturated carbocycles. The van der Waals surface area contributed by atoms with E-state index in [9.17, 15) is 0 Å². The van der Waals surface area contributed by atoms with Crippen LogP contribution in [0.2, 0.25) is 0 Å². The molecule has 0 amide bonds. The van der Waals surface area contributed by atoms with Crippen molar-refractivity contribution in [1.29, 1.82) is 0 Å². The van der Waals surface area contributed by atoms with E-state index in [0.29, 0.717) is 5.95 Å². The summed E-state index contributed by atoms with van der Waals surface area (Å²) in [7, 11) is 1.50. The fraction of sp³-hybridized carbons (Fsp3) is 0.333. The van der Waals surface area contributed by atoms with E-state index in [2.05, 4.69) is 25.5 Å². The van der Waals surface area contributed by atoms with Crippen molar-refractivity contribution in [2.24, 2.45) is 0 Å². The Labute approximate surface area is 46.0 Å². The van der Waals surface area contributed by atoms with E-state index in [4.69, 9.17) is 0 Å². The van der Waals surface area contributed by atoms with Gasteiger partial charge in [0.2, 0.25) is 0 Å². The lowest BCUT2D eigenvalue weighted by atomic mass is 11.1. The number of nitrogens with zero attached hydrogens (tertiary/aromatic N) is 2. The van der Waals surface area contributed by atoms with E-state index in [0.717, 1.165) is 0 Å². The minimum atomic E-state index is 0.438. The maximum atomic E-state index is 4.49. The zero-order valence-corrected chi connectivity index (χ0v) is 4.38. The fourth-order valence-corrected chi connectivity index (χ4v) is 0.349. The standard InChI is InChI=1S/C3H6N4O/c1-8-7-3-4-2-5-6-3/h2H,1H3,(H2,4,5,6,7). The van der Waals surface area contributed by atoms with E-state index >= 15 is 0 Å². The largest absolute Gasteiger partial charge is 0.277 e. The molecule has 0 spiro atoms. The van der Waals surface area contributed by atoms with Gasteiger partial charge in [-0.05, 0) is 0 Å². The molecule has 0 bridgehead atoms. The molecule has 8 heavy (non-hydrogen) atoms. The lowest BCUT2D eigenvalue weighted by Gasteiger charge is -1.91. The Kier molecular flexibility index (Phi) is 1.43. The second-order valence-electron chi connectivity index (χ2n) is 1.13. The molecule has 1 heterocycles. The van der Waals surface area contributed by atoms with Crippen molar-refractivity contribution in [3.8, 4) is 0 Å². The van der Waals surface area contributed by atoms with Gasteiger partial charge in [-0.3, -0.25) is 9.94 Å². The summed E-state index contributed by atoms with van der Waals surface area (Å²) in [6.07, 6.45) is 1.46. The summed E-state index contributed by atoms with van der Waals surface area (Å²) in [6.45, 7) is 0. The molecule has 0 fully saturated rings. The van der Waals surface area contributed by atoms with Gasteiger partial charge in [0.1, 0.15) is 6.33 Å². The summed E-state index contributed by atoms with van der Waals surface area (Å²) in [4.78, 5) is 8.19. The van der Waals surface area contributed by atoms with Gasteiger partial charge in [-0.25, -0.2) is 5.48 Å². The summed E-state index contributed by atoms with van der Waals surface area (Å²) in [5.41, 5.74) is 2.43. The zero-order valence-electron chi connectivity index (χ0n) is 4.38. The second-order valence-corrected chi connectivity index (χ2v) is 1.13. The lowest BCUT2D eigenvalue weighted by Crippen LogP contribution is -1.96. The third-order valence-electron chi connectivity index (χ3n) is 0.608. The van der Waals surface area contributed by atoms with Crippen molar-refractivity contribution in [3.05, 3.63) is 6.33 Å². The number of H-pyrrole nitrogens is 1. The molecule has 1 rings (SSSR count). The van der Waals surface area contributed by atoms with Crippen LogP contribution in [0.3, 0.4) is 0 Å². The van der Waals surface area contributed by atoms with Crippen molar-refractivity contribution in [2.45, 2.75) is 0 Å². The first kappa shape index (κ1) is 5.04. The molecular weight excluding hydrogens is 108 g/mol. The topological polar surface area (TPSA) is 62.8 Å². The molecule has 2 N–H and O–H groups in total. The average molecular weight is 114 g/mol. The minimum absolute atomic E-state index is 0.438. The van der Waals surface area contributed by atoms with Gasteiger partial charge in [0.05, 0.1) is 7.11 Å². The van der Waals surface area contributed by atoms with Crippen LogP contribution in [-0.4, -0.2) is 22.3 Å². The summed E-state index contributed by atoms with van der Waals surface area (Å²) in [5.74, 6) is 0.438. The Bertz CT molecular complexity index is 137.